The van der Waals surface area contributed by atoms with Gasteiger partial charge in [-0.15, -0.1) is 0 Å². The first-order chi connectivity index (χ1) is 9.42. The Balaban J connectivity index is 2.79. The topological polar surface area (TPSA) is 87.7 Å². The van der Waals surface area contributed by atoms with E-state index in [-0.39, 0.29) is 12.1 Å². The minimum absolute atomic E-state index is 0.0458. The number of nitrogens with zero attached hydrogens (tertiary/aromatic N) is 1. The third-order valence-electron chi connectivity index (χ3n) is 3.50. The molecule has 0 radical (unpaired) electrons. The first-order valence-electron chi connectivity index (χ1n) is 7.03. The second-order valence-corrected chi connectivity index (χ2v) is 6.64. The van der Waals surface area contributed by atoms with Gasteiger partial charge in [0, 0.05) is 18.6 Å². The van der Waals surface area contributed by atoms with Crippen LogP contribution in [-0.4, -0.2) is 51.1 Å². The Morgan fingerprint density at radius 1 is 1.45 bits per heavy atom. The number of hydrogen-bond donors (Lipinski definition) is 2. The van der Waals surface area contributed by atoms with Gasteiger partial charge in [0.25, 0.3) is 0 Å². The lowest BCUT2D eigenvalue weighted by Crippen LogP contribution is -2.56. The highest BCUT2D eigenvalue weighted by Gasteiger charge is 2.36. The first-order valence-corrected chi connectivity index (χ1v) is 8.47. The molecule has 2 N–H and O–H groups in total. The molecule has 7 nitrogen and oxygen atoms in total. The zero-order valence-corrected chi connectivity index (χ0v) is 13.2. The normalized spacial score (nSPS) is 22.2. The van der Waals surface area contributed by atoms with E-state index in [0.717, 1.165) is 39.3 Å². The highest BCUT2D eigenvalue weighted by molar-refractivity contribution is 7.87. The fraction of sp³-hybridized carbons (Fsp3) is 0.917. The fourth-order valence-electron chi connectivity index (χ4n) is 2.44. The highest BCUT2D eigenvalue weighted by Crippen LogP contribution is 2.22. The van der Waals surface area contributed by atoms with E-state index in [1.165, 1.54) is 4.31 Å². The Labute approximate surface area is 121 Å². The summed E-state index contributed by atoms with van der Waals surface area (Å²) < 4.78 is 32.1. The number of nitrogens with one attached hydrogen (secondary N) is 2. The lowest BCUT2D eigenvalue weighted by Gasteiger charge is -2.38. The summed E-state index contributed by atoms with van der Waals surface area (Å²) in [4.78, 5) is 11.2. The van der Waals surface area contributed by atoms with Crippen molar-refractivity contribution in [1.82, 2.24) is 14.3 Å². The minimum atomic E-state index is -3.85. The van der Waals surface area contributed by atoms with Gasteiger partial charge in [0.2, 0.25) is 0 Å². The number of ether oxygens (including phenoxy) is 1. The molecule has 1 fully saturated rings. The fourth-order valence-corrected chi connectivity index (χ4v) is 3.87. The van der Waals surface area contributed by atoms with Crippen molar-refractivity contribution in [3.63, 3.8) is 0 Å². The van der Waals surface area contributed by atoms with Crippen LogP contribution in [0.15, 0.2) is 0 Å². The smallest absolute Gasteiger partial charge is 0.421 e. The SMILES string of the molecule is CCCNC(C)C1CCCCN1S(=O)(=O)NC(=O)OC. The van der Waals surface area contributed by atoms with E-state index >= 15 is 0 Å². The molecule has 1 aliphatic heterocycles. The van der Waals surface area contributed by atoms with Gasteiger partial charge in [0.05, 0.1) is 7.11 Å². The van der Waals surface area contributed by atoms with Crippen molar-refractivity contribution in [1.29, 1.82) is 0 Å². The number of carbonyl (C=O) groups is 1. The molecule has 1 aliphatic rings. The van der Waals surface area contributed by atoms with Crippen LogP contribution in [0.25, 0.3) is 0 Å². The van der Waals surface area contributed by atoms with Gasteiger partial charge in [-0.2, -0.15) is 12.7 Å². The molecule has 0 spiro atoms. The Morgan fingerprint density at radius 3 is 2.75 bits per heavy atom. The van der Waals surface area contributed by atoms with Crippen LogP contribution in [0.4, 0.5) is 4.79 Å². The molecule has 0 aromatic rings. The maximum atomic E-state index is 12.2. The first kappa shape index (κ1) is 17.2. The number of rotatable bonds is 6. The third-order valence-corrected chi connectivity index (χ3v) is 4.99. The zero-order valence-electron chi connectivity index (χ0n) is 12.4. The summed E-state index contributed by atoms with van der Waals surface area (Å²) in [5.41, 5.74) is 0. The second kappa shape index (κ2) is 7.80. The summed E-state index contributed by atoms with van der Waals surface area (Å²) in [6.45, 7) is 5.31. The summed E-state index contributed by atoms with van der Waals surface area (Å²) >= 11 is 0. The molecule has 1 amide bonds. The number of amides is 1. The second-order valence-electron chi connectivity index (χ2n) is 5.02. The lowest BCUT2D eigenvalue weighted by atomic mass is 9.99. The van der Waals surface area contributed by atoms with E-state index < -0.39 is 16.3 Å². The molecular weight excluding hydrogens is 282 g/mol. The average molecular weight is 307 g/mol. The summed E-state index contributed by atoms with van der Waals surface area (Å²) in [6, 6.07) is -0.0954. The number of piperidine rings is 1. The largest absolute Gasteiger partial charge is 0.452 e. The molecule has 0 saturated carbocycles. The lowest BCUT2D eigenvalue weighted by molar-refractivity contribution is 0.173. The number of carbonyl (C=O) groups excluding carboxylic acids is 1. The van der Waals surface area contributed by atoms with Gasteiger partial charge in [-0.3, -0.25) is 0 Å². The van der Waals surface area contributed by atoms with Gasteiger partial charge >= 0.3 is 16.3 Å². The van der Waals surface area contributed by atoms with Crippen molar-refractivity contribution >= 4 is 16.3 Å². The van der Waals surface area contributed by atoms with Crippen molar-refractivity contribution in [2.75, 3.05) is 20.2 Å². The molecule has 0 aromatic carbocycles. The maximum Gasteiger partial charge on any atom is 0.421 e. The molecule has 0 aliphatic carbocycles. The van der Waals surface area contributed by atoms with Gasteiger partial charge in [-0.25, -0.2) is 9.52 Å². The van der Waals surface area contributed by atoms with Crippen LogP contribution >= 0.6 is 0 Å². The van der Waals surface area contributed by atoms with Crippen LogP contribution in [0, 0.1) is 0 Å². The van der Waals surface area contributed by atoms with Gasteiger partial charge in [-0.05, 0) is 32.7 Å². The van der Waals surface area contributed by atoms with Crippen molar-refractivity contribution in [2.45, 2.75) is 51.6 Å². The molecule has 20 heavy (non-hydrogen) atoms. The Hall–Kier alpha value is -0.860. The number of hydrogen-bond acceptors (Lipinski definition) is 5. The zero-order chi connectivity index (χ0) is 15.2. The molecule has 2 unspecified atom stereocenters. The predicted octanol–water partition coefficient (Wildman–Crippen LogP) is 0.830. The Bertz CT molecular complexity index is 413. The van der Waals surface area contributed by atoms with Crippen molar-refractivity contribution in [3.05, 3.63) is 0 Å². The standard InChI is InChI=1S/C12H25N3O4S/c1-4-8-13-10(2)11-7-5-6-9-15(11)20(17,18)14-12(16)19-3/h10-11,13H,4-9H2,1-3H3,(H,14,16). The Morgan fingerprint density at radius 2 is 2.15 bits per heavy atom. The summed E-state index contributed by atoms with van der Waals surface area (Å²) in [6.07, 6.45) is 2.62. The molecule has 118 valence electrons. The number of methoxy groups -OCH3 is 1. The van der Waals surface area contributed by atoms with E-state index in [1.54, 1.807) is 0 Å². The summed E-state index contributed by atoms with van der Waals surface area (Å²) in [5.74, 6) is 0. The van der Waals surface area contributed by atoms with Gasteiger partial charge in [0.1, 0.15) is 0 Å². The van der Waals surface area contributed by atoms with E-state index in [9.17, 15) is 13.2 Å². The molecule has 0 bridgehead atoms. The van der Waals surface area contributed by atoms with Crippen LogP contribution in [0.2, 0.25) is 0 Å². The van der Waals surface area contributed by atoms with Crippen LogP contribution in [0.5, 0.6) is 0 Å². The van der Waals surface area contributed by atoms with Crippen molar-refractivity contribution in [2.24, 2.45) is 0 Å². The van der Waals surface area contributed by atoms with E-state index in [0.29, 0.717) is 6.54 Å². The van der Waals surface area contributed by atoms with Gasteiger partial charge in [-0.1, -0.05) is 13.3 Å². The van der Waals surface area contributed by atoms with Crippen LogP contribution < -0.4 is 10.0 Å². The Kier molecular flexibility index (Phi) is 6.70. The van der Waals surface area contributed by atoms with Crippen LogP contribution in [-0.2, 0) is 14.9 Å². The summed E-state index contributed by atoms with van der Waals surface area (Å²) in [7, 11) is -2.70. The van der Waals surface area contributed by atoms with Gasteiger partial charge in [0.15, 0.2) is 0 Å². The van der Waals surface area contributed by atoms with Crippen LogP contribution in [0.1, 0.15) is 39.5 Å². The predicted molar refractivity (Wildman–Crippen MR) is 76.6 cm³/mol. The van der Waals surface area contributed by atoms with Gasteiger partial charge < -0.3 is 10.1 Å². The highest BCUT2D eigenvalue weighted by atomic mass is 32.2. The molecule has 8 heteroatoms. The molecule has 0 aromatic heterocycles. The molecular formula is C12H25N3O4S. The maximum absolute atomic E-state index is 12.2. The van der Waals surface area contributed by atoms with Crippen molar-refractivity contribution in [3.8, 4) is 0 Å². The minimum Gasteiger partial charge on any atom is -0.452 e. The third kappa shape index (κ3) is 4.60. The molecule has 1 heterocycles. The summed E-state index contributed by atoms with van der Waals surface area (Å²) in [5, 5.41) is 3.32. The van der Waals surface area contributed by atoms with Crippen LogP contribution in [0.3, 0.4) is 0 Å². The quantitative estimate of drug-likeness (QED) is 0.759. The van der Waals surface area contributed by atoms with E-state index in [2.05, 4.69) is 17.0 Å². The monoisotopic (exact) mass is 307 g/mol. The molecule has 1 rings (SSSR count). The van der Waals surface area contributed by atoms with E-state index in [4.69, 9.17) is 0 Å². The molecule has 1 saturated heterocycles. The average Bonchev–Trinajstić information content (AvgIpc) is 2.44. The molecule has 2 atom stereocenters. The van der Waals surface area contributed by atoms with E-state index in [1.807, 2.05) is 11.6 Å². The van der Waals surface area contributed by atoms with Crippen molar-refractivity contribution < 1.29 is 17.9 Å².